The van der Waals surface area contributed by atoms with Crippen molar-refractivity contribution in [3.05, 3.63) is 53.6 Å². The molecular formula is C18H26N4O2. The van der Waals surface area contributed by atoms with Crippen molar-refractivity contribution in [2.24, 2.45) is 5.92 Å². The number of hydrogen-bond acceptors (Lipinski definition) is 3. The maximum absolute atomic E-state index is 11.8. The van der Waals surface area contributed by atoms with Crippen molar-refractivity contribution in [1.29, 1.82) is 0 Å². The molecule has 1 unspecified atom stereocenters. The van der Waals surface area contributed by atoms with Gasteiger partial charge in [-0.3, -0.25) is 0 Å². The van der Waals surface area contributed by atoms with Gasteiger partial charge in [0.1, 0.15) is 5.82 Å². The summed E-state index contributed by atoms with van der Waals surface area (Å²) >= 11 is 0. The summed E-state index contributed by atoms with van der Waals surface area (Å²) in [7, 11) is 0. The van der Waals surface area contributed by atoms with Crippen molar-refractivity contribution in [3.8, 4) is 0 Å². The number of urea groups is 1. The monoisotopic (exact) mass is 330 g/mol. The van der Waals surface area contributed by atoms with Gasteiger partial charge in [-0.15, -0.1) is 0 Å². The van der Waals surface area contributed by atoms with Gasteiger partial charge in [-0.1, -0.05) is 31.2 Å². The number of hydrogen-bond donors (Lipinski definition) is 3. The van der Waals surface area contributed by atoms with Crippen molar-refractivity contribution >= 4 is 6.03 Å². The van der Waals surface area contributed by atoms with Gasteiger partial charge < -0.3 is 20.3 Å². The Balaban J connectivity index is 1.81. The lowest BCUT2D eigenvalue weighted by Gasteiger charge is -2.12. The Morgan fingerprint density at radius 3 is 2.83 bits per heavy atom. The molecule has 0 radical (unpaired) electrons. The molecule has 0 spiro atoms. The van der Waals surface area contributed by atoms with Crippen molar-refractivity contribution in [2.75, 3.05) is 13.2 Å². The largest absolute Gasteiger partial charge is 0.396 e. The van der Waals surface area contributed by atoms with Crippen LogP contribution in [0.25, 0.3) is 0 Å². The minimum atomic E-state index is -0.185. The van der Waals surface area contributed by atoms with Crippen molar-refractivity contribution in [2.45, 2.75) is 33.4 Å². The lowest BCUT2D eigenvalue weighted by Crippen LogP contribution is -2.37. The van der Waals surface area contributed by atoms with Gasteiger partial charge in [-0.05, 0) is 30.4 Å². The van der Waals surface area contributed by atoms with Crippen LogP contribution in [-0.4, -0.2) is 33.8 Å². The van der Waals surface area contributed by atoms with Gasteiger partial charge in [0.15, 0.2) is 0 Å². The molecule has 1 aromatic carbocycles. The lowest BCUT2D eigenvalue weighted by molar-refractivity contribution is 0.233. The third-order valence-corrected chi connectivity index (χ3v) is 3.95. The number of nitrogens with one attached hydrogen (secondary N) is 2. The van der Waals surface area contributed by atoms with Crippen LogP contribution in [0.15, 0.2) is 36.7 Å². The molecule has 0 aliphatic heterocycles. The molecule has 2 rings (SSSR count). The number of benzene rings is 1. The number of aromatic nitrogens is 2. The molecule has 1 atom stereocenters. The minimum Gasteiger partial charge on any atom is -0.396 e. The fourth-order valence-electron chi connectivity index (χ4n) is 2.44. The second kappa shape index (κ2) is 9.08. The molecule has 2 amide bonds. The number of aliphatic hydroxyl groups excluding tert-OH is 1. The number of carbonyl (C=O) groups is 1. The van der Waals surface area contributed by atoms with Crippen molar-refractivity contribution in [3.63, 3.8) is 0 Å². The Morgan fingerprint density at radius 1 is 1.33 bits per heavy atom. The molecule has 0 bridgehead atoms. The first kappa shape index (κ1) is 18.0. The summed E-state index contributed by atoms with van der Waals surface area (Å²) in [5, 5.41) is 14.5. The van der Waals surface area contributed by atoms with Crippen LogP contribution < -0.4 is 10.6 Å². The van der Waals surface area contributed by atoms with E-state index in [9.17, 15) is 4.79 Å². The highest BCUT2D eigenvalue weighted by molar-refractivity contribution is 5.73. The maximum atomic E-state index is 11.8. The number of aryl methyl sites for hydroxylation is 1. The summed E-state index contributed by atoms with van der Waals surface area (Å²) in [6, 6.07) is 7.97. The normalized spacial score (nSPS) is 12.0. The molecule has 2 aromatic rings. The number of nitrogens with zero attached hydrogens (tertiary/aromatic N) is 2. The lowest BCUT2D eigenvalue weighted by atomic mass is 10.1. The molecule has 0 saturated heterocycles. The van der Waals surface area contributed by atoms with Crippen LogP contribution in [-0.2, 0) is 13.1 Å². The third-order valence-electron chi connectivity index (χ3n) is 3.95. The summed E-state index contributed by atoms with van der Waals surface area (Å²) in [5.74, 6) is 1.25. The zero-order chi connectivity index (χ0) is 17.4. The van der Waals surface area contributed by atoms with E-state index in [1.165, 1.54) is 5.56 Å². The summed E-state index contributed by atoms with van der Waals surface area (Å²) < 4.78 is 2.09. The van der Waals surface area contributed by atoms with E-state index < -0.39 is 0 Å². The number of imidazole rings is 1. The van der Waals surface area contributed by atoms with Crippen LogP contribution in [0.2, 0.25) is 0 Å². The van der Waals surface area contributed by atoms with E-state index in [1.807, 2.05) is 32.2 Å². The predicted molar refractivity (Wildman–Crippen MR) is 93.6 cm³/mol. The molecule has 24 heavy (non-hydrogen) atoms. The standard InChI is InChI=1S/C18H26N4O2/c1-14(6-9-23)11-20-18(24)21-12-16-4-3-5-17(10-16)13-22-8-7-19-15(22)2/h3-5,7-8,10,14,23H,6,9,11-13H2,1-2H3,(H2,20,21,24). The van der Waals surface area contributed by atoms with Gasteiger partial charge in [-0.25, -0.2) is 9.78 Å². The van der Waals surface area contributed by atoms with Gasteiger partial charge >= 0.3 is 6.03 Å². The number of carbonyl (C=O) groups excluding carboxylic acids is 1. The Hall–Kier alpha value is -2.34. The maximum Gasteiger partial charge on any atom is 0.315 e. The highest BCUT2D eigenvalue weighted by atomic mass is 16.3. The minimum absolute atomic E-state index is 0.146. The van der Waals surface area contributed by atoms with Crippen LogP contribution in [0.1, 0.15) is 30.3 Å². The van der Waals surface area contributed by atoms with Gasteiger partial charge in [0.25, 0.3) is 0 Å². The second-order valence-electron chi connectivity index (χ2n) is 6.10. The van der Waals surface area contributed by atoms with Crippen LogP contribution in [0.4, 0.5) is 4.79 Å². The smallest absolute Gasteiger partial charge is 0.315 e. The van der Waals surface area contributed by atoms with Crippen molar-refractivity contribution in [1.82, 2.24) is 20.2 Å². The van der Waals surface area contributed by atoms with Crippen molar-refractivity contribution < 1.29 is 9.90 Å². The summed E-state index contributed by atoms with van der Waals surface area (Å²) in [6.45, 7) is 5.94. The van der Waals surface area contributed by atoms with Crippen LogP contribution >= 0.6 is 0 Å². The molecule has 0 aliphatic rings. The fraction of sp³-hybridized carbons (Fsp3) is 0.444. The second-order valence-corrected chi connectivity index (χ2v) is 6.10. The summed E-state index contributed by atoms with van der Waals surface area (Å²) in [6.07, 6.45) is 4.44. The molecule has 3 N–H and O–H groups in total. The highest BCUT2D eigenvalue weighted by Crippen LogP contribution is 2.08. The molecule has 6 heteroatoms. The zero-order valence-corrected chi connectivity index (χ0v) is 14.3. The van der Waals surface area contributed by atoms with Gasteiger partial charge in [0.2, 0.25) is 0 Å². The highest BCUT2D eigenvalue weighted by Gasteiger charge is 2.05. The Morgan fingerprint density at radius 2 is 2.12 bits per heavy atom. The average molecular weight is 330 g/mol. The molecule has 0 saturated carbocycles. The van der Waals surface area contributed by atoms with Gasteiger partial charge in [0.05, 0.1) is 0 Å². The molecule has 6 nitrogen and oxygen atoms in total. The number of aliphatic hydroxyl groups is 1. The van der Waals surface area contributed by atoms with E-state index in [4.69, 9.17) is 5.11 Å². The Labute approximate surface area is 142 Å². The molecular weight excluding hydrogens is 304 g/mol. The molecule has 0 fully saturated rings. The zero-order valence-electron chi connectivity index (χ0n) is 14.3. The topological polar surface area (TPSA) is 79.2 Å². The third kappa shape index (κ3) is 5.70. The van der Waals surface area contributed by atoms with E-state index in [2.05, 4.69) is 32.3 Å². The van der Waals surface area contributed by atoms with E-state index in [1.54, 1.807) is 6.20 Å². The van der Waals surface area contributed by atoms with Crippen LogP contribution in [0.3, 0.4) is 0 Å². The molecule has 130 valence electrons. The first-order chi connectivity index (χ1) is 11.6. The number of rotatable bonds is 8. The van der Waals surface area contributed by atoms with Gasteiger partial charge in [-0.2, -0.15) is 0 Å². The first-order valence-corrected chi connectivity index (χ1v) is 8.26. The van der Waals surface area contributed by atoms with E-state index >= 15 is 0 Å². The predicted octanol–water partition coefficient (Wildman–Crippen LogP) is 2.06. The van der Waals surface area contributed by atoms with E-state index in [-0.39, 0.29) is 18.6 Å². The first-order valence-electron chi connectivity index (χ1n) is 8.26. The SMILES string of the molecule is Cc1nccn1Cc1cccc(CNC(=O)NCC(C)CCO)c1. The van der Waals surface area contributed by atoms with Crippen LogP contribution in [0.5, 0.6) is 0 Å². The van der Waals surface area contributed by atoms with E-state index in [0.717, 1.165) is 17.9 Å². The summed E-state index contributed by atoms with van der Waals surface area (Å²) in [4.78, 5) is 16.0. The quantitative estimate of drug-likeness (QED) is 0.693. The molecule has 1 heterocycles. The van der Waals surface area contributed by atoms with Crippen LogP contribution in [0, 0.1) is 12.8 Å². The average Bonchev–Trinajstić information content (AvgIpc) is 2.97. The van der Waals surface area contributed by atoms with Gasteiger partial charge in [0, 0.05) is 38.6 Å². The molecule has 1 aromatic heterocycles. The fourth-order valence-corrected chi connectivity index (χ4v) is 2.44. The Kier molecular flexibility index (Phi) is 6.81. The summed E-state index contributed by atoms with van der Waals surface area (Å²) in [5.41, 5.74) is 2.23. The Bertz CT molecular complexity index is 654. The van der Waals surface area contributed by atoms with E-state index in [0.29, 0.717) is 19.5 Å². The molecule has 0 aliphatic carbocycles. The number of amides is 2.